The Morgan fingerprint density at radius 1 is 1.20 bits per heavy atom. The largest absolute Gasteiger partial charge is 0.411 e. The third-order valence-electron chi connectivity index (χ3n) is 5.61. The quantitative estimate of drug-likeness (QED) is 0.654. The minimum atomic E-state index is -0.181. The Morgan fingerprint density at radius 2 is 1.90 bits per heavy atom. The van der Waals surface area contributed by atoms with Gasteiger partial charge in [0.2, 0.25) is 0 Å². The fourth-order valence-electron chi connectivity index (χ4n) is 3.88. The third kappa shape index (κ3) is 2.14. The second-order valence-corrected chi connectivity index (χ2v) is 7.16. The van der Waals surface area contributed by atoms with Crippen molar-refractivity contribution in [3.63, 3.8) is 0 Å². The lowest BCUT2D eigenvalue weighted by Crippen LogP contribution is -2.51. The van der Waals surface area contributed by atoms with E-state index in [9.17, 15) is 5.21 Å². The molecule has 0 radical (unpaired) electrons. The molecule has 1 aromatic carbocycles. The first-order valence-corrected chi connectivity index (χ1v) is 7.48. The topological polar surface area (TPSA) is 44.6 Å². The highest BCUT2D eigenvalue weighted by Crippen LogP contribution is 2.65. The molecule has 3 heteroatoms. The Kier molecular flexibility index (Phi) is 3.13. The van der Waals surface area contributed by atoms with Crippen molar-refractivity contribution in [2.75, 3.05) is 0 Å². The van der Waals surface area contributed by atoms with Gasteiger partial charge in [0.05, 0.1) is 11.3 Å². The molecule has 2 N–H and O–H groups in total. The van der Waals surface area contributed by atoms with Gasteiger partial charge in [0, 0.05) is 6.54 Å². The Hall–Kier alpha value is -1.35. The summed E-state index contributed by atoms with van der Waals surface area (Å²) in [7, 11) is 0. The Bertz CT molecular complexity index is 523. The molecule has 3 rings (SSSR count). The van der Waals surface area contributed by atoms with Crippen LogP contribution in [0.4, 0.5) is 0 Å². The van der Waals surface area contributed by atoms with E-state index < -0.39 is 0 Å². The van der Waals surface area contributed by atoms with Crippen LogP contribution in [0.1, 0.15) is 39.2 Å². The number of nitrogens with zero attached hydrogens (tertiary/aromatic N) is 1. The normalized spacial score (nSPS) is 36.6. The van der Waals surface area contributed by atoms with Gasteiger partial charge in [0.15, 0.2) is 0 Å². The minimum absolute atomic E-state index is 0.181. The lowest BCUT2D eigenvalue weighted by atomic mass is 9.81. The Balaban J connectivity index is 1.73. The number of hydrogen-bond donors (Lipinski definition) is 2. The molecule has 2 aliphatic carbocycles. The van der Waals surface area contributed by atoms with Gasteiger partial charge in [0.1, 0.15) is 0 Å². The molecule has 2 aliphatic rings. The molecule has 1 aromatic rings. The van der Waals surface area contributed by atoms with Crippen LogP contribution in [0.25, 0.3) is 0 Å². The number of hydrogen-bond acceptors (Lipinski definition) is 3. The molecule has 20 heavy (non-hydrogen) atoms. The highest BCUT2D eigenvalue weighted by molar-refractivity contribution is 5.94. The monoisotopic (exact) mass is 272 g/mol. The molecule has 0 saturated heterocycles. The van der Waals surface area contributed by atoms with Gasteiger partial charge in [-0.2, -0.15) is 0 Å². The van der Waals surface area contributed by atoms with Crippen molar-refractivity contribution < 1.29 is 5.21 Å². The average Bonchev–Trinajstić information content (AvgIpc) is 2.97. The van der Waals surface area contributed by atoms with E-state index in [1.165, 1.54) is 5.56 Å². The second-order valence-electron chi connectivity index (χ2n) is 7.16. The van der Waals surface area contributed by atoms with E-state index in [-0.39, 0.29) is 5.54 Å². The summed E-state index contributed by atoms with van der Waals surface area (Å²) in [6.45, 7) is 7.66. The van der Waals surface area contributed by atoms with E-state index >= 15 is 0 Å². The van der Waals surface area contributed by atoms with Crippen molar-refractivity contribution in [2.24, 2.45) is 22.4 Å². The summed E-state index contributed by atoms with van der Waals surface area (Å²) in [6, 6.07) is 10.4. The molecule has 0 aromatic heterocycles. The van der Waals surface area contributed by atoms with Crippen molar-refractivity contribution >= 4 is 5.71 Å². The fraction of sp³-hybridized carbons (Fsp3) is 0.588. The standard InChI is InChI=1S/C17H24N2O/c1-16(2)13-9-15(19-20)17(3,10-14(13)16)18-11-12-7-5-4-6-8-12/h4-8,13-14,18,20H,9-11H2,1-3H3/b19-15+/t13-,14+,17+/m0/s1. The zero-order valence-electron chi connectivity index (χ0n) is 12.6. The molecule has 0 heterocycles. The van der Waals surface area contributed by atoms with Gasteiger partial charge in [0.25, 0.3) is 0 Å². The van der Waals surface area contributed by atoms with Crippen LogP contribution in [-0.4, -0.2) is 16.5 Å². The maximum absolute atomic E-state index is 9.38. The predicted octanol–water partition coefficient (Wildman–Crippen LogP) is 3.43. The molecule has 0 unspecified atom stereocenters. The van der Waals surface area contributed by atoms with Crippen LogP contribution >= 0.6 is 0 Å². The van der Waals surface area contributed by atoms with E-state index in [1.54, 1.807) is 0 Å². The first kappa shape index (κ1) is 13.6. The van der Waals surface area contributed by atoms with Gasteiger partial charge >= 0.3 is 0 Å². The number of oxime groups is 1. The van der Waals surface area contributed by atoms with E-state index in [2.05, 4.69) is 55.5 Å². The SMILES string of the molecule is CC1(C)[C@@H]2C[C@@](C)(NCc3ccccc3)/C(=N/O)C[C@@H]21. The number of rotatable bonds is 3. The van der Waals surface area contributed by atoms with Crippen molar-refractivity contribution in [3.05, 3.63) is 35.9 Å². The number of benzene rings is 1. The zero-order valence-corrected chi connectivity index (χ0v) is 12.6. The second kappa shape index (κ2) is 4.59. The van der Waals surface area contributed by atoms with Crippen LogP contribution in [0.5, 0.6) is 0 Å². The minimum Gasteiger partial charge on any atom is -0.411 e. The van der Waals surface area contributed by atoms with Crippen LogP contribution in [0.3, 0.4) is 0 Å². The smallest absolute Gasteiger partial charge is 0.0771 e. The van der Waals surface area contributed by atoms with Crippen molar-refractivity contribution in [2.45, 2.75) is 45.7 Å². The van der Waals surface area contributed by atoms with Gasteiger partial charge in [-0.1, -0.05) is 49.3 Å². The summed E-state index contributed by atoms with van der Waals surface area (Å²) < 4.78 is 0. The molecule has 0 spiro atoms. The molecular formula is C17H24N2O. The highest BCUT2D eigenvalue weighted by atomic mass is 16.4. The summed E-state index contributed by atoms with van der Waals surface area (Å²) in [5.41, 5.74) is 2.41. The van der Waals surface area contributed by atoms with Crippen LogP contribution in [0.15, 0.2) is 35.5 Å². The van der Waals surface area contributed by atoms with E-state index in [0.717, 1.165) is 31.0 Å². The van der Waals surface area contributed by atoms with Crippen LogP contribution < -0.4 is 5.32 Å². The molecular weight excluding hydrogens is 248 g/mol. The lowest BCUT2D eigenvalue weighted by Gasteiger charge is -2.35. The molecule has 108 valence electrons. The third-order valence-corrected chi connectivity index (χ3v) is 5.61. The average molecular weight is 272 g/mol. The summed E-state index contributed by atoms with van der Waals surface area (Å²) in [5.74, 6) is 1.45. The molecule has 0 amide bonds. The van der Waals surface area contributed by atoms with Crippen LogP contribution in [0, 0.1) is 17.3 Å². The van der Waals surface area contributed by atoms with Crippen LogP contribution in [-0.2, 0) is 6.54 Å². The summed E-state index contributed by atoms with van der Waals surface area (Å²) in [5, 5.41) is 16.6. The molecule has 2 fully saturated rings. The van der Waals surface area contributed by atoms with Crippen molar-refractivity contribution in [1.82, 2.24) is 5.32 Å². The summed E-state index contributed by atoms with van der Waals surface area (Å²) >= 11 is 0. The Morgan fingerprint density at radius 3 is 2.55 bits per heavy atom. The predicted molar refractivity (Wildman–Crippen MR) is 80.9 cm³/mol. The van der Waals surface area contributed by atoms with E-state index in [4.69, 9.17) is 0 Å². The summed E-state index contributed by atoms with van der Waals surface area (Å²) in [6.07, 6.45) is 1.99. The van der Waals surface area contributed by atoms with Crippen molar-refractivity contribution in [1.29, 1.82) is 0 Å². The molecule has 3 nitrogen and oxygen atoms in total. The van der Waals surface area contributed by atoms with Gasteiger partial charge in [-0.25, -0.2) is 0 Å². The van der Waals surface area contributed by atoms with E-state index in [0.29, 0.717) is 11.3 Å². The van der Waals surface area contributed by atoms with Crippen LogP contribution in [0.2, 0.25) is 0 Å². The highest BCUT2D eigenvalue weighted by Gasteiger charge is 2.63. The van der Waals surface area contributed by atoms with Gasteiger partial charge in [-0.05, 0) is 42.6 Å². The molecule has 0 aliphatic heterocycles. The maximum Gasteiger partial charge on any atom is 0.0771 e. The molecule has 0 bridgehead atoms. The first-order chi connectivity index (χ1) is 9.47. The van der Waals surface area contributed by atoms with Crippen molar-refractivity contribution in [3.8, 4) is 0 Å². The van der Waals surface area contributed by atoms with Gasteiger partial charge < -0.3 is 10.5 Å². The molecule has 2 saturated carbocycles. The summed E-state index contributed by atoms with van der Waals surface area (Å²) in [4.78, 5) is 0. The first-order valence-electron chi connectivity index (χ1n) is 7.48. The number of nitrogens with one attached hydrogen (secondary N) is 1. The zero-order chi connectivity index (χ0) is 14.4. The maximum atomic E-state index is 9.38. The van der Waals surface area contributed by atoms with Gasteiger partial charge in [-0.3, -0.25) is 0 Å². The van der Waals surface area contributed by atoms with Gasteiger partial charge in [-0.15, -0.1) is 0 Å². The molecule has 3 atom stereocenters. The fourth-order valence-corrected chi connectivity index (χ4v) is 3.88. The number of fused-ring (bicyclic) bond motifs is 1. The lowest BCUT2D eigenvalue weighted by molar-refractivity contribution is 0.293. The van der Waals surface area contributed by atoms with E-state index in [1.807, 2.05) is 6.07 Å². The Labute approximate surface area is 121 Å².